The molecular weight excluding hydrogens is 354 g/mol. The van der Waals surface area contributed by atoms with Crippen LogP contribution in [-0.2, 0) is 20.6 Å². The molecule has 10 nitrogen and oxygen atoms in total. The number of rotatable bonds is 4. The van der Waals surface area contributed by atoms with Gasteiger partial charge in [-0.25, -0.2) is 4.79 Å². The van der Waals surface area contributed by atoms with E-state index in [0.29, 0.717) is 5.56 Å². The van der Waals surface area contributed by atoms with Crippen molar-refractivity contribution >= 4 is 22.9 Å². The molecule has 0 unspecified atom stereocenters. The molecule has 0 spiro atoms. The van der Waals surface area contributed by atoms with Gasteiger partial charge in [-0.3, -0.25) is 18.7 Å². The Kier molecular flexibility index (Phi) is 4.26. The van der Waals surface area contributed by atoms with Crippen LogP contribution in [0.5, 0.6) is 0 Å². The minimum Gasteiger partial charge on any atom is -0.390 e. The molecule has 0 atom stereocenters. The molecule has 2 aromatic heterocycles. The van der Waals surface area contributed by atoms with Crippen molar-refractivity contribution < 1.29 is 9.72 Å². The molecule has 0 saturated carbocycles. The number of carbonyl (C=O) groups is 1. The van der Waals surface area contributed by atoms with E-state index in [1.807, 2.05) is 13.0 Å². The molecule has 0 aliphatic heterocycles. The van der Waals surface area contributed by atoms with E-state index in [1.54, 1.807) is 19.1 Å². The summed E-state index contributed by atoms with van der Waals surface area (Å²) in [7, 11) is 2.63. The molecule has 0 amide bonds. The number of aryl methyl sites for hydroxylation is 3. The normalized spacial score (nSPS) is 11.1. The molecule has 0 radical (unpaired) electrons. The summed E-state index contributed by atoms with van der Waals surface area (Å²) in [6.07, 6.45) is 0. The lowest BCUT2D eigenvalue weighted by atomic mass is 10.0. The highest BCUT2D eigenvalue weighted by atomic mass is 16.6. The third-order valence-corrected chi connectivity index (χ3v) is 4.47. The van der Waals surface area contributed by atoms with Crippen LogP contribution in [0.3, 0.4) is 0 Å². The molecule has 0 aliphatic carbocycles. The van der Waals surface area contributed by atoms with Crippen LogP contribution in [0.25, 0.3) is 11.2 Å². The molecule has 2 heterocycles. The van der Waals surface area contributed by atoms with Crippen LogP contribution in [0.1, 0.15) is 21.5 Å². The standard InChI is InChI=1S/C17H17N5O5/c1-9-5-6-11(10(2)7-9)12(23)8-21-14-13(18-16(21)22(26)27)15(24)20(4)17(25)19(14)3/h5-7H,8H2,1-4H3. The lowest BCUT2D eigenvalue weighted by molar-refractivity contribution is -0.396. The van der Waals surface area contributed by atoms with Crippen molar-refractivity contribution in [3.63, 3.8) is 0 Å². The Morgan fingerprint density at radius 1 is 1.19 bits per heavy atom. The molecule has 140 valence electrons. The molecule has 3 rings (SSSR count). The number of nitrogens with zero attached hydrogens (tertiary/aromatic N) is 5. The van der Waals surface area contributed by atoms with Gasteiger partial charge in [0.05, 0.1) is 0 Å². The van der Waals surface area contributed by atoms with Gasteiger partial charge in [0, 0.05) is 19.7 Å². The lowest BCUT2D eigenvalue weighted by Gasteiger charge is -2.08. The maximum atomic E-state index is 12.8. The van der Waals surface area contributed by atoms with E-state index in [1.165, 1.54) is 14.1 Å². The topological polar surface area (TPSA) is 122 Å². The Labute approximate surface area is 152 Å². The first-order valence-corrected chi connectivity index (χ1v) is 8.04. The van der Waals surface area contributed by atoms with Crippen LogP contribution in [0, 0.1) is 24.0 Å². The Morgan fingerprint density at radius 2 is 1.85 bits per heavy atom. The SMILES string of the molecule is Cc1ccc(C(=O)Cn2c([N+](=O)[O-])nc3c(=O)n(C)c(=O)n(C)c32)c(C)c1. The third-order valence-electron chi connectivity index (χ3n) is 4.47. The maximum absolute atomic E-state index is 12.8. The second-order valence-electron chi connectivity index (χ2n) is 6.37. The average molecular weight is 371 g/mol. The van der Waals surface area contributed by atoms with Gasteiger partial charge in [-0.1, -0.05) is 28.7 Å². The molecule has 0 bridgehead atoms. The summed E-state index contributed by atoms with van der Waals surface area (Å²) in [5.74, 6) is -1.05. The highest BCUT2D eigenvalue weighted by molar-refractivity contribution is 5.98. The summed E-state index contributed by atoms with van der Waals surface area (Å²) < 4.78 is 2.89. The summed E-state index contributed by atoms with van der Waals surface area (Å²) in [6, 6.07) is 5.25. The zero-order valence-corrected chi connectivity index (χ0v) is 15.2. The van der Waals surface area contributed by atoms with Crippen LogP contribution in [-0.4, -0.2) is 29.4 Å². The molecule has 1 aromatic carbocycles. The molecule has 3 aromatic rings. The van der Waals surface area contributed by atoms with Gasteiger partial charge in [-0.2, -0.15) is 4.57 Å². The molecule has 27 heavy (non-hydrogen) atoms. The van der Waals surface area contributed by atoms with E-state index in [0.717, 1.165) is 24.8 Å². The van der Waals surface area contributed by atoms with Crippen molar-refractivity contribution in [2.24, 2.45) is 14.1 Å². The van der Waals surface area contributed by atoms with Gasteiger partial charge in [0.2, 0.25) is 5.65 Å². The zero-order valence-electron chi connectivity index (χ0n) is 15.2. The van der Waals surface area contributed by atoms with E-state index in [2.05, 4.69) is 4.98 Å². The number of nitro groups is 1. The highest BCUT2D eigenvalue weighted by Gasteiger charge is 2.29. The van der Waals surface area contributed by atoms with Gasteiger partial charge >= 0.3 is 17.2 Å². The smallest absolute Gasteiger partial charge is 0.390 e. The van der Waals surface area contributed by atoms with E-state index in [4.69, 9.17) is 0 Å². The van der Waals surface area contributed by atoms with Gasteiger partial charge in [-0.05, 0) is 24.3 Å². The van der Waals surface area contributed by atoms with Crippen molar-refractivity contribution in [2.45, 2.75) is 20.4 Å². The van der Waals surface area contributed by atoms with Crippen LogP contribution in [0.2, 0.25) is 0 Å². The zero-order chi connectivity index (χ0) is 20.0. The number of Topliss-reactive ketones (excluding diaryl/α,β-unsaturated/α-hetero) is 1. The first-order valence-electron chi connectivity index (χ1n) is 8.04. The van der Waals surface area contributed by atoms with Gasteiger partial charge in [0.25, 0.3) is 5.52 Å². The monoisotopic (exact) mass is 371 g/mol. The minimum atomic E-state index is -0.779. The molecule has 0 saturated heterocycles. The Hall–Kier alpha value is -3.56. The van der Waals surface area contributed by atoms with Crippen LogP contribution in [0.15, 0.2) is 27.8 Å². The quantitative estimate of drug-likeness (QED) is 0.380. The van der Waals surface area contributed by atoms with E-state index < -0.39 is 28.7 Å². The van der Waals surface area contributed by atoms with Crippen molar-refractivity contribution in [3.05, 3.63) is 65.8 Å². The van der Waals surface area contributed by atoms with Crippen molar-refractivity contribution in [2.75, 3.05) is 0 Å². The fourth-order valence-electron chi connectivity index (χ4n) is 3.12. The number of ketones is 1. The molecular formula is C17H17N5O5. The first kappa shape index (κ1) is 18.2. The summed E-state index contributed by atoms with van der Waals surface area (Å²) in [4.78, 5) is 51.7. The fraction of sp³-hybridized carbons (Fsp3) is 0.294. The second kappa shape index (κ2) is 6.31. The minimum absolute atomic E-state index is 0.0621. The summed E-state index contributed by atoms with van der Waals surface area (Å²) in [6.45, 7) is 3.24. The number of aromatic nitrogens is 4. The van der Waals surface area contributed by atoms with Crippen LogP contribution >= 0.6 is 0 Å². The summed E-state index contributed by atoms with van der Waals surface area (Å²) >= 11 is 0. The van der Waals surface area contributed by atoms with Gasteiger partial charge < -0.3 is 10.1 Å². The molecule has 0 N–H and O–H groups in total. The number of hydrogen-bond acceptors (Lipinski definition) is 6. The number of hydrogen-bond donors (Lipinski definition) is 0. The Morgan fingerprint density at radius 3 is 2.44 bits per heavy atom. The largest absolute Gasteiger partial charge is 0.437 e. The Bertz CT molecular complexity index is 1230. The van der Waals surface area contributed by atoms with E-state index in [-0.39, 0.29) is 16.9 Å². The number of fused-ring (bicyclic) bond motifs is 1. The predicted molar refractivity (Wildman–Crippen MR) is 97.1 cm³/mol. The second-order valence-corrected chi connectivity index (χ2v) is 6.37. The van der Waals surface area contributed by atoms with Crippen LogP contribution in [0.4, 0.5) is 5.95 Å². The van der Waals surface area contributed by atoms with Gasteiger partial charge in [0.1, 0.15) is 6.54 Å². The van der Waals surface area contributed by atoms with Gasteiger partial charge in [-0.15, -0.1) is 0 Å². The summed E-state index contributed by atoms with van der Waals surface area (Å²) in [5.41, 5.74) is 0.403. The Balaban J connectivity index is 2.25. The van der Waals surface area contributed by atoms with Crippen molar-refractivity contribution in [3.8, 4) is 0 Å². The first-order chi connectivity index (χ1) is 12.6. The molecule has 0 aliphatic rings. The summed E-state index contributed by atoms with van der Waals surface area (Å²) in [5, 5.41) is 11.4. The highest BCUT2D eigenvalue weighted by Crippen LogP contribution is 2.20. The van der Waals surface area contributed by atoms with E-state index in [9.17, 15) is 24.5 Å². The average Bonchev–Trinajstić information content (AvgIpc) is 2.97. The van der Waals surface area contributed by atoms with Crippen molar-refractivity contribution in [1.29, 1.82) is 0 Å². The fourth-order valence-corrected chi connectivity index (χ4v) is 3.12. The molecule has 0 fully saturated rings. The van der Waals surface area contributed by atoms with Crippen LogP contribution < -0.4 is 11.2 Å². The number of benzene rings is 1. The van der Waals surface area contributed by atoms with Crippen molar-refractivity contribution in [1.82, 2.24) is 18.7 Å². The predicted octanol–water partition coefficient (Wildman–Crippen LogP) is 0.842. The van der Waals surface area contributed by atoms with Gasteiger partial charge in [0.15, 0.2) is 5.78 Å². The third kappa shape index (κ3) is 2.84. The molecule has 10 heteroatoms. The van der Waals surface area contributed by atoms with E-state index >= 15 is 0 Å². The number of carbonyl (C=O) groups excluding carboxylic acids is 1. The lowest BCUT2D eigenvalue weighted by Crippen LogP contribution is -2.37. The number of imidazole rings is 1. The maximum Gasteiger partial charge on any atom is 0.437 e.